The van der Waals surface area contributed by atoms with E-state index in [1.807, 2.05) is 23.1 Å². The van der Waals surface area contributed by atoms with Crippen LogP contribution in [0.4, 0.5) is 5.69 Å². The third-order valence-corrected chi connectivity index (χ3v) is 5.98. The Morgan fingerprint density at radius 1 is 0.931 bits per heavy atom. The molecule has 1 amide bonds. The third-order valence-electron chi connectivity index (χ3n) is 5.98. The van der Waals surface area contributed by atoms with Crippen LogP contribution >= 0.6 is 0 Å². The Kier molecular flexibility index (Phi) is 6.67. The molecule has 0 aliphatic carbocycles. The molecule has 4 rings (SSSR count). The highest BCUT2D eigenvalue weighted by Crippen LogP contribution is 2.22. The van der Waals surface area contributed by atoms with Gasteiger partial charge in [0.25, 0.3) is 5.91 Å². The summed E-state index contributed by atoms with van der Waals surface area (Å²) in [7, 11) is 0. The summed E-state index contributed by atoms with van der Waals surface area (Å²) in [6, 6.07) is 19.2. The Balaban J connectivity index is 1.25. The van der Waals surface area contributed by atoms with Gasteiger partial charge in [0.1, 0.15) is 5.75 Å². The molecule has 0 bridgehead atoms. The van der Waals surface area contributed by atoms with E-state index in [2.05, 4.69) is 46.6 Å². The van der Waals surface area contributed by atoms with Crippen LogP contribution in [0.3, 0.4) is 0 Å². The van der Waals surface area contributed by atoms with Crippen LogP contribution in [0.2, 0.25) is 0 Å². The number of carbonyl (C=O) groups is 1. The zero-order chi connectivity index (χ0) is 19.9. The molecule has 2 aliphatic heterocycles. The van der Waals surface area contributed by atoms with Gasteiger partial charge >= 0.3 is 0 Å². The molecule has 0 unspecified atom stereocenters. The van der Waals surface area contributed by atoms with Crippen LogP contribution in [-0.2, 0) is 11.3 Å². The fourth-order valence-corrected chi connectivity index (χ4v) is 4.22. The number of anilines is 1. The average Bonchev–Trinajstić information content (AvgIpc) is 3.33. The summed E-state index contributed by atoms with van der Waals surface area (Å²) in [4.78, 5) is 16.6. The van der Waals surface area contributed by atoms with Gasteiger partial charge in [-0.15, -0.1) is 0 Å². The van der Waals surface area contributed by atoms with Crippen LogP contribution in [0.1, 0.15) is 31.2 Å². The highest BCUT2D eigenvalue weighted by Gasteiger charge is 2.20. The average molecular weight is 394 g/mol. The van der Waals surface area contributed by atoms with Crippen LogP contribution < -0.4 is 15.0 Å². The van der Waals surface area contributed by atoms with Crippen LogP contribution in [0, 0.1) is 0 Å². The second-order valence-electron chi connectivity index (χ2n) is 7.96. The van der Waals surface area contributed by atoms with Crippen molar-refractivity contribution in [3.8, 4) is 5.75 Å². The zero-order valence-corrected chi connectivity index (χ0v) is 17.1. The summed E-state index contributed by atoms with van der Waals surface area (Å²) in [5.41, 5.74) is 2.43. The fourth-order valence-electron chi connectivity index (χ4n) is 4.22. The lowest BCUT2D eigenvalue weighted by atomic mass is 10.0. The van der Waals surface area contributed by atoms with Gasteiger partial charge in [-0.05, 0) is 43.9 Å². The Morgan fingerprint density at radius 3 is 2.38 bits per heavy atom. The number of para-hydroxylation sites is 2. The first-order valence-electron chi connectivity index (χ1n) is 10.8. The van der Waals surface area contributed by atoms with Crippen molar-refractivity contribution in [1.29, 1.82) is 0 Å². The number of ether oxygens (including phenoxy) is 1. The van der Waals surface area contributed by atoms with Crippen molar-refractivity contribution in [3.05, 3.63) is 60.2 Å². The zero-order valence-electron chi connectivity index (χ0n) is 17.1. The minimum absolute atomic E-state index is 0.0959. The normalized spacial score (nSPS) is 17.5. The smallest absolute Gasteiger partial charge is 0.260 e. The first-order chi connectivity index (χ1) is 14.3. The molecule has 0 saturated carbocycles. The quantitative estimate of drug-likeness (QED) is 0.783. The first-order valence-corrected chi connectivity index (χ1v) is 10.8. The molecule has 2 aromatic rings. The van der Waals surface area contributed by atoms with Crippen LogP contribution in [-0.4, -0.2) is 49.6 Å². The third kappa shape index (κ3) is 5.30. The van der Waals surface area contributed by atoms with Crippen molar-refractivity contribution in [3.63, 3.8) is 0 Å². The topological polar surface area (TPSA) is 44.8 Å². The summed E-state index contributed by atoms with van der Waals surface area (Å²) in [6.45, 7) is 4.78. The van der Waals surface area contributed by atoms with Gasteiger partial charge in [-0.1, -0.05) is 36.4 Å². The van der Waals surface area contributed by atoms with E-state index < -0.39 is 0 Å². The number of benzene rings is 2. The molecule has 1 N–H and O–H groups in total. The number of hydrogen-bond acceptors (Lipinski definition) is 4. The Labute approximate surface area is 173 Å². The predicted molar refractivity (Wildman–Crippen MR) is 116 cm³/mol. The van der Waals surface area contributed by atoms with Gasteiger partial charge in [-0.2, -0.15) is 0 Å². The summed E-state index contributed by atoms with van der Waals surface area (Å²) in [5, 5.41) is 3.69. The van der Waals surface area contributed by atoms with E-state index >= 15 is 0 Å². The molecule has 2 aliphatic rings. The molecule has 0 spiro atoms. The second kappa shape index (κ2) is 9.79. The maximum Gasteiger partial charge on any atom is 0.260 e. The van der Waals surface area contributed by atoms with Gasteiger partial charge < -0.3 is 19.9 Å². The Bertz CT molecular complexity index is 782. The van der Waals surface area contributed by atoms with E-state index in [4.69, 9.17) is 4.74 Å². The van der Waals surface area contributed by atoms with Gasteiger partial charge in [0.15, 0.2) is 6.61 Å². The van der Waals surface area contributed by atoms with Crippen molar-refractivity contribution in [1.82, 2.24) is 10.2 Å². The number of carbonyl (C=O) groups excluding carboxylic acids is 1. The van der Waals surface area contributed by atoms with E-state index in [0.717, 1.165) is 69.7 Å². The lowest BCUT2D eigenvalue weighted by molar-refractivity contribution is -0.132. The minimum Gasteiger partial charge on any atom is -0.483 e. The van der Waals surface area contributed by atoms with Crippen molar-refractivity contribution in [2.45, 2.75) is 38.3 Å². The van der Waals surface area contributed by atoms with Gasteiger partial charge in [-0.25, -0.2) is 0 Å². The van der Waals surface area contributed by atoms with Crippen LogP contribution in [0.5, 0.6) is 5.75 Å². The lowest BCUT2D eigenvalue weighted by Crippen LogP contribution is -2.42. The SMILES string of the molecule is O=C(COc1ccccc1CNC1CCN(c2ccccc2)CC1)N1CCCC1. The van der Waals surface area contributed by atoms with Crippen LogP contribution in [0.15, 0.2) is 54.6 Å². The predicted octanol–water partition coefficient (Wildman–Crippen LogP) is 3.45. The van der Waals surface area contributed by atoms with Gasteiger partial charge in [0.2, 0.25) is 0 Å². The summed E-state index contributed by atoms with van der Waals surface area (Å²) in [6.07, 6.45) is 4.47. The molecule has 154 valence electrons. The van der Waals surface area contributed by atoms with E-state index in [-0.39, 0.29) is 12.5 Å². The van der Waals surface area contributed by atoms with Crippen molar-refractivity contribution in [2.75, 3.05) is 37.7 Å². The van der Waals surface area contributed by atoms with Crippen molar-refractivity contribution >= 4 is 11.6 Å². The van der Waals surface area contributed by atoms with E-state index in [1.54, 1.807) is 0 Å². The molecule has 2 fully saturated rings. The van der Waals surface area contributed by atoms with Crippen LogP contribution in [0.25, 0.3) is 0 Å². The van der Waals surface area contributed by atoms with E-state index in [1.165, 1.54) is 5.69 Å². The Hall–Kier alpha value is -2.53. The highest BCUT2D eigenvalue weighted by molar-refractivity contribution is 5.78. The summed E-state index contributed by atoms with van der Waals surface area (Å²) < 4.78 is 5.89. The minimum atomic E-state index is 0.0959. The van der Waals surface area contributed by atoms with Crippen molar-refractivity contribution in [2.24, 2.45) is 0 Å². The lowest BCUT2D eigenvalue weighted by Gasteiger charge is -2.34. The molecule has 29 heavy (non-hydrogen) atoms. The maximum absolute atomic E-state index is 12.3. The number of hydrogen-bond donors (Lipinski definition) is 1. The maximum atomic E-state index is 12.3. The number of piperidine rings is 1. The molecular weight excluding hydrogens is 362 g/mol. The van der Waals surface area contributed by atoms with Gasteiger partial charge in [-0.3, -0.25) is 4.79 Å². The Morgan fingerprint density at radius 2 is 1.62 bits per heavy atom. The van der Waals surface area contributed by atoms with E-state index in [0.29, 0.717) is 6.04 Å². The molecule has 5 heteroatoms. The number of nitrogens with zero attached hydrogens (tertiary/aromatic N) is 2. The second-order valence-corrected chi connectivity index (χ2v) is 7.96. The van der Waals surface area contributed by atoms with E-state index in [9.17, 15) is 4.79 Å². The number of likely N-dealkylation sites (tertiary alicyclic amines) is 1. The number of rotatable bonds is 7. The largest absolute Gasteiger partial charge is 0.483 e. The molecular formula is C24H31N3O2. The molecule has 0 aromatic heterocycles. The molecule has 0 atom stereocenters. The fraction of sp³-hybridized carbons (Fsp3) is 0.458. The molecule has 0 radical (unpaired) electrons. The standard InChI is InChI=1S/C24H31N3O2/c28-24(27-14-6-7-15-27)19-29-23-11-5-4-8-20(23)18-25-21-12-16-26(17-13-21)22-9-2-1-3-10-22/h1-5,8-11,21,25H,6-7,12-19H2. The summed E-state index contributed by atoms with van der Waals surface area (Å²) >= 11 is 0. The molecule has 5 nitrogen and oxygen atoms in total. The number of nitrogens with one attached hydrogen (secondary N) is 1. The number of amides is 1. The highest BCUT2D eigenvalue weighted by atomic mass is 16.5. The first kappa shape index (κ1) is 19.8. The van der Waals surface area contributed by atoms with Gasteiger partial charge in [0.05, 0.1) is 0 Å². The molecule has 2 saturated heterocycles. The monoisotopic (exact) mass is 393 g/mol. The van der Waals surface area contributed by atoms with Gasteiger partial charge in [0, 0.05) is 50.0 Å². The molecule has 2 aromatic carbocycles. The summed E-state index contributed by atoms with van der Waals surface area (Å²) in [5.74, 6) is 0.910. The molecule has 2 heterocycles. The van der Waals surface area contributed by atoms with Crippen molar-refractivity contribution < 1.29 is 9.53 Å².